The number of methoxy groups -OCH3 is 1. The van der Waals surface area contributed by atoms with Crippen molar-refractivity contribution in [3.63, 3.8) is 0 Å². The van der Waals surface area contributed by atoms with Crippen LogP contribution in [0.25, 0.3) is 0 Å². The minimum absolute atomic E-state index is 0.120. The van der Waals surface area contributed by atoms with Crippen molar-refractivity contribution in [3.05, 3.63) is 41.2 Å². The van der Waals surface area contributed by atoms with E-state index in [2.05, 4.69) is 34.3 Å². The maximum atomic E-state index is 12.6. The molecule has 3 aromatic rings. The van der Waals surface area contributed by atoms with Gasteiger partial charge in [-0.1, -0.05) is 31.7 Å². The number of hydrogen-bond acceptors (Lipinski definition) is 8. The van der Waals surface area contributed by atoms with Gasteiger partial charge in [-0.05, 0) is 38.8 Å². The highest BCUT2D eigenvalue weighted by molar-refractivity contribution is 8.00. The van der Waals surface area contributed by atoms with Gasteiger partial charge in [-0.15, -0.1) is 21.5 Å². The minimum atomic E-state index is -0.364. The van der Waals surface area contributed by atoms with Gasteiger partial charge in [0.2, 0.25) is 5.91 Å². The van der Waals surface area contributed by atoms with Gasteiger partial charge in [0.1, 0.15) is 11.5 Å². The molecule has 2 heterocycles. The quantitative estimate of drug-likeness (QED) is 0.414. The van der Waals surface area contributed by atoms with Crippen LogP contribution in [0.2, 0.25) is 0 Å². The zero-order valence-corrected chi connectivity index (χ0v) is 20.8. The lowest BCUT2D eigenvalue weighted by Crippen LogP contribution is -2.23. The number of hydrogen-bond donors (Lipinski definition) is 1. The first-order chi connectivity index (χ1) is 15.3. The Morgan fingerprint density at radius 2 is 1.97 bits per heavy atom. The van der Waals surface area contributed by atoms with Crippen LogP contribution in [-0.2, 0) is 11.3 Å². The molecule has 32 heavy (non-hydrogen) atoms. The van der Waals surface area contributed by atoms with E-state index in [1.54, 1.807) is 7.11 Å². The standard InChI is InChI=1S/C22H29N5O3S2/c1-13(2)11-27-19(15(4)30-18-9-7-8-17(10-18)29-6)25-26-22(27)32-16(5)20(28)24-21-23-14(3)12-31-21/h7-10,12-13,15-16H,11H2,1-6H3,(H,23,24,28). The Bertz CT molecular complexity index is 1050. The molecule has 3 rings (SSSR count). The molecule has 0 spiro atoms. The highest BCUT2D eigenvalue weighted by Crippen LogP contribution is 2.29. The van der Waals surface area contributed by atoms with Crippen molar-refractivity contribution >= 4 is 34.1 Å². The summed E-state index contributed by atoms with van der Waals surface area (Å²) in [6.45, 7) is 10.7. The number of ether oxygens (including phenoxy) is 2. The van der Waals surface area contributed by atoms with Crippen LogP contribution in [0.1, 0.15) is 45.3 Å². The second-order valence-electron chi connectivity index (χ2n) is 7.83. The van der Waals surface area contributed by atoms with E-state index in [1.807, 2.05) is 55.0 Å². The van der Waals surface area contributed by atoms with E-state index in [0.29, 0.717) is 27.8 Å². The fourth-order valence-corrected chi connectivity index (χ4v) is 4.54. The van der Waals surface area contributed by atoms with Crippen molar-refractivity contribution in [2.24, 2.45) is 5.92 Å². The van der Waals surface area contributed by atoms with E-state index in [0.717, 1.165) is 18.0 Å². The normalized spacial score (nSPS) is 13.1. The van der Waals surface area contributed by atoms with E-state index < -0.39 is 0 Å². The van der Waals surface area contributed by atoms with Crippen LogP contribution in [0.3, 0.4) is 0 Å². The molecular weight excluding hydrogens is 446 g/mol. The summed E-state index contributed by atoms with van der Waals surface area (Å²) in [4.78, 5) is 16.9. The molecule has 0 saturated carbocycles. The first-order valence-corrected chi connectivity index (χ1v) is 12.2. The third-order valence-electron chi connectivity index (χ3n) is 4.51. The third-order valence-corrected chi connectivity index (χ3v) is 6.47. The molecule has 2 aromatic heterocycles. The van der Waals surface area contributed by atoms with Gasteiger partial charge in [-0.3, -0.25) is 4.79 Å². The molecule has 0 saturated heterocycles. The van der Waals surface area contributed by atoms with Gasteiger partial charge in [0.15, 0.2) is 22.2 Å². The molecule has 0 aliphatic rings. The molecule has 1 amide bonds. The van der Waals surface area contributed by atoms with E-state index in [9.17, 15) is 4.79 Å². The molecule has 0 aliphatic carbocycles. The monoisotopic (exact) mass is 475 g/mol. The van der Waals surface area contributed by atoms with Gasteiger partial charge in [-0.2, -0.15) is 0 Å². The zero-order valence-electron chi connectivity index (χ0n) is 19.2. The molecule has 8 nitrogen and oxygen atoms in total. The van der Waals surface area contributed by atoms with E-state index in [4.69, 9.17) is 9.47 Å². The second-order valence-corrected chi connectivity index (χ2v) is 9.99. The predicted octanol–water partition coefficient (Wildman–Crippen LogP) is 4.97. The first-order valence-electron chi connectivity index (χ1n) is 10.4. The lowest BCUT2D eigenvalue weighted by molar-refractivity contribution is -0.115. The zero-order chi connectivity index (χ0) is 23.3. The number of anilines is 1. The fraction of sp³-hybridized carbons (Fsp3) is 0.455. The smallest absolute Gasteiger partial charge is 0.239 e. The molecular formula is C22H29N5O3S2. The van der Waals surface area contributed by atoms with Gasteiger partial charge < -0.3 is 19.4 Å². The molecule has 2 unspecified atom stereocenters. The summed E-state index contributed by atoms with van der Waals surface area (Å²) in [7, 11) is 1.62. The van der Waals surface area contributed by atoms with Crippen LogP contribution in [0, 0.1) is 12.8 Å². The average Bonchev–Trinajstić information content (AvgIpc) is 3.33. The van der Waals surface area contributed by atoms with Crippen molar-refractivity contribution < 1.29 is 14.3 Å². The van der Waals surface area contributed by atoms with Gasteiger partial charge in [-0.25, -0.2) is 4.98 Å². The molecule has 10 heteroatoms. The highest BCUT2D eigenvalue weighted by atomic mass is 32.2. The predicted molar refractivity (Wildman–Crippen MR) is 128 cm³/mol. The number of aryl methyl sites for hydroxylation is 1. The molecule has 0 radical (unpaired) electrons. The topological polar surface area (TPSA) is 91.2 Å². The molecule has 1 aromatic carbocycles. The number of amides is 1. The van der Waals surface area contributed by atoms with Crippen molar-refractivity contribution in [2.75, 3.05) is 12.4 Å². The molecule has 172 valence electrons. The second kappa shape index (κ2) is 10.8. The summed E-state index contributed by atoms with van der Waals surface area (Å²) in [5.41, 5.74) is 0.886. The van der Waals surface area contributed by atoms with E-state index in [1.165, 1.54) is 23.1 Å². The Balaban J connectivity index is 1.75. The molecule has 2 atom stereocenters. The number of aromatic nitrogens is 4. The fourth-order valence-electron chi connectivity index (χ4n) is 2.99. The lowest BCUT2D eigenvalue weighted by Gasteiger charge is -2.19. The van der Waals surface area contributed by atoms with Gasteiger partial charge in [0.05, 0.1) is 18.1 Å². The molecule has 0 fully saturated rings. The maximum absolute atomic E-state index is 12.6. The van der Waals surface area contributed by atoms with Crippen molar-refractivity contribution in [1.29, 1.82) is 0 Å². The number of benzene rings is 1. The van der Waals surface area contributed by atoms with Gasteiger partial charge >= 0.3 is 0 Å². The summed E-state index contributed by atoms with van der Waals surface area (Å²) >= 11 is 2.79. The maximum Gasteiger partial charge on any atom is 0.239 e. The van der Waals surface area contributed by atoms with E-state index in [-0.39, 0.29) is 17.3 Å². The largest absolute Gasteiger partial charge is 0.497 e. The summed E-state index contributed by atoms with van der Waals surface area (Å²) in [6.07, 6.45) is -0.329. The Hall–Kier alpha value is -2.59. The SMILES string of the molecule is COc1cccc(OC(C)c2nnc(SC(C)C(=O)Nc3nc(C)cs3)n2CC(C)C)c1. The number of nitrogens with zero attached hydrogens (tertiary/aromatic N) is 4. The summed E-state index contributed by atoms with van der Waals surface area (Å²) in [6, 6.07) is 7.46. The molecule has 0 aliphatic heterocycles. The van der Waals surface area contributed by atoms with Crippen LogP contribution < -0.4 is 14.8 Å². The van der Waals surface area contributed by atoms with Crippen LogP contribution in [0.5, 0.6) is 11.5 Å². The highest BCUT2D eigenvalue weighted by Gasteiger charge is 2.24. The Morgan fingerprint density at radius 3 is 2.62 bits per heavy atom. The average molecular weight is 476 g/mol. The van der Waals surface area contributed by atoms with Crippen molar-refractivity contribution in [2.45, 2.75) is 57.7 Å². The van der Waals surface area contributed by atoms with Crippen LogP contribution in [-0.4, -0.2) is 38.0 Å². The van der Waals surface area contributed by atoms with E-state index >= 15 is 0 Å². The van der Waals surface area contributed by atoms with Gasteiger partial charge in [0, 0.05) is 18.0 Å². The third kappa shape index (κ3) is 6.23. The first kappa shape index (κ1) is 24.1. The number of thioether (sulfide) groups is 1. The number of carbonyl (C=O) groups excluding carboxylic acids is 1. The summed E-state index contributed by atoms with van der Waals surface area (Å²) in [5, 5.41) is 14.5. The van der Waals surface area contributed by atoms with Gasteiger partial charge in [0.25, 0.3) is 0 Å². The lowest BCUT2D eigenvalue weighted by atomic mass is 10.2. The number of carbonyl (C=O) groups is 1. The molecule has 0 bridgehead atoms. The summed E-state index contributed by atoms with van der Waals surface area (Å²) in [5.74, 6) is 2.38. The van der Waals surface area contributed by atoms with Crippen LogP contribution in [0.15, 0.2) is 34.8 Å². The van der Waals surface area contributed by atoms with Crippen LogP contribution in [0.4, 0.5) is 5.13 Å². The Labute approximate surface area is 196 Å². The Kier molecular flexibility index (Phi) is 8.14. The number of rotatable bonds is 10. The van der Waals surface area contributed by atoms with Crippen LogP contribution >= 0.6 is 23.1 Å². The number of nitrogens with one attached hydrogen (secondary N) is 1. The molecule has 1 N–H and O–H groups in total. The van der Waals surface area contributed by atoms with Crippen molar-refractivity contribution in [3.8, 4) is 11.5 Å². The van der Waals surface area contributed by atoms with Crippen molar-refractivity contribution in [1.82, 2.24) is 19.7 Å². The minimum Gasteiger partial charge on any atom is -0.497 e. The number of thiazole rings is 1. The Morgan fingerprint density at radius 1 is 1.22 bits per heavy atom. The summed E-state index contributed by atoms with van der Waals surface area (Å²) < 4.78 is 13.4.